The highest BCUT2D eigenvalue weighted by atomic mass is 31.2. The molecule has 0 aliphatic carbocycles. The molecule has 164 valence electrons. The molecule has 1 atom stereocenters. The first kappa shape index (κ1) is 27.1. The van der Waals surface area contributed by atoms with Crippen molar-refractivity contribution in [3.8, 4) is 0 Å². The molecule has 0 aliphatic heterocycles. The van der Waals surface area contributed by atoms with E-state index in [1.54, 1.807) is 0 Å². The number of unbranched alkanes of at least 4 members (excludes halogenated alkanes) is 15. The van der Waals surface area contributed by atoms with Gasteiger partial charge in [0.1, 0.15) is 0 Å². The van der Waals surface area contributed by atoms with Gasteiger partial charge in [0, 0.05) is 6.16 Å². The Morgan fingerprint density at radius 3 is 1.33 bits per heavy atom. The van der Waals surface area contributed by atoms with Crippen molar-refractivity contribution in [2.75, 3.05) is 12.8 Å². The van der Waals surface area contributed by atoms with Crippen LogP contribution in [0.1, 0.15) is 130 Å². The van der Waals surface area contributed by atoms with Crippen LogP contribution < -0.4 is 0 Å². The molecule has 0 heterocycles. The number of rotatable bonds is 19. The van der Waals surface area contributed by atoms with Crippen molar-refractivity contribution in [3.05, 3.63) is 0 Å². The fourth-order valence-corrected chi connectivity index (χ4v) is 4.56. The van der Waals surface area contributed by atoms with E-state index in [1.165, 1.54) is 89.9 Å². The molecule has 0 aromatic carbocycles. The van der Waals surface area contributed by atoms with Gasteiger partial charge in [0.05, 0.1) is 6.61 Å². The lowest BCUT2D eigenvalue weighted by molar-refractivity contribution is 0.174. The van der Waals surface area contributed by atoms with Crippen LogP contribution in [0.15, 0.2) is 0 Å². The van der Waals surface area contributed by atoms with Gasteiger partial charge < -0.3 is 9.42 Å². The van der Waals surface area contributed by atoms with Gasteiger partial charge in [-0.2, -0.15) is 0 Å². The maximum atomic E-state index is 11.9. The second kappa shape index (κ2) is 17.0. The summed E-state index contributed by atoms with van der Waals surface area (Å²) in [5.74, 6) is 0. The highest BCUT2D eigenvalue weighted by molar-refractivity contribution is 7.52. The molecule has 1 N–H and O–H groups in total. The zero-order valence-electron chi connectivity index (χ0n) is 18.9. The summed E-state index contributed by atoms with van der Waals surface area (Å²) in [6, 6.07) is 0. The molecule has 0 radical (unpaired) electrons. The Kier molecular flexibility index (Phi) is 17.1. The lowest BCUT2D eigenvalue weighted by Gasteiger charge is -2.20. The largest absolute Gasteiger partial charge is 0.328 e. The van der Waals surface area contributed by atoms with Crippen molar-refractivity contribution in [3.63, 3.8) is 0 Å². The minimum Gasteiger partial charge on any atom is -0.324 e. The third-order valence-corrected chi connectivity index (χ3v) is 6.41. The quantitative estimate of drug-likeness (QED) is 0.173. The van der Waals surface area contributed by atoms with Gasteiger partial charge in [-0.25, -0.2) is 0 Å². The van der Waals surface area contributed by atoms with Crippen LogP contribution in [0.3, 0.4) is 0 Å². The highest BCUT2D eigenvalue weighted by Gasteiger charge is 2.22. The van der Waals surface area contributed by atoms with Crippen LogP contribution in [-0.4, -0.2) is 17.7 Å². The van der Waals surface area contributed by atoms with E-state index in [0.717, 1.165) is 12.8 Å². The van der Waals surface area contributed by atoms with Gasteiger partial charge in [0.25, 0.3) is 0 Å². The maximum absolute atomic E-state index is 11.9. The zero-order chi connectivity index (χ0) is 20.4. The van der Waals surface area contributed by atoms with E-state index in [4.69, 9.17) is 4.52 Å². The summed E-state index contributed by atoms with van der Waals surface area (Å²) in [5.41, 5.74) is -0.0625. The van der Waals surface area contributed by atoms with Crippen molar-refractivity contribution in [2.24, 2.45) is 5.41 Å². The maximum Gasteiger partial charge on any atom is 0.328 e. The molecule has 0 aliphatic rings. The van der Waals surface area contributed by atoms with Crippen LogP contribution in [0.2, 0.25) is 0 Å². The number of hydrogen-bond donors (Lipinski definition) is 1. The molecule has 27 heavy (non-hydrogen) atoms. The van der Waals surface area contributed by atoms with Gasteiger partial charge in [-0.3, -0.25) is 4.57 Å². The molecule has 0 rings (SSSR count). The van der Waals surface area contributed by atoms with Gasteiger partial charge in [-0.05, 0) is 11.8 Å². The lowest BCUT2D eigenvalue weighted by atomic mass is 9.99. The molecule has 3 nitrogen and oxygen atoms in total. The summed E-state index contributed by atoms with van der Waals surface area (Å²) in [5, 5.41) is 0. The second-order valence-electron chi connectivity index (χ2n) is 9.50. The summed E-state index contributed by atoms with van der Waals surface area (Å²) in [6.07, 6.45) is 21.3. The first-order valence-corrected chi connectivity index (χ1v) is 13.5. The van der Waals surface area contributed by atoms with Gasteiger partial charge in [0.2, 0.25) is 0 Å². The van der Waals surface area contributed by atoms with Crippen molar-refractivity contribution >= 4 is 7.60 Å². The molecule has 0 aromatic heterocycles. The lowest BCUT2D eigenvalue weighted by Crippen LogP contribution is -2.14. The number of hydrogen-bond acceptors (Lipinski definition) is 2. The van der Waals surface area contributed by atoms with E-state index >= 15 is 0 Å². The van der Waals surface area contributed by atoms with Crippen molar-refractivity contribution < 1.29 is 14.0 Å². The Bertz CT molecular complexity index is 363. The monoisotopic (exact) mass is 404 g/mol. The fraction of sp³-hybridized carbons (Fsp3) is 1.00. The second-order valence-corrected chi connectivity index (χ2v) is 11.5. The normalized spacial score (nSPS) is 14.4. The molecular formula is C23H49O3P. The van der Waals surface area contributed by atoms with Crippen LogP contribution in [0.4, 0.5) is 0 Å². The molecule has 0 saturated heterocycles. The van der Waals surface area contributed by atoms with E-state index < -0.39 is 7.60 Å². The van der Waals surface area contributed by atoms with Crippen LogP contribution in [0, 0.1) is 5.41 Å². The topological polar surface area (TPSA) is 46.5 Å². The molecule has 0 bridgehead atoms. The summed E-state index contributed by atoms with van der Waals surface area (Å²) < 4.78 is 17.2. The molecule has 0 fully saturated rings. The van der Waals surface area contributed by atoms with E-state index in [0.29, 0.717) is 12.8 Å². The summed E-state index contributed by atoms with van der Waals surface area (Å²) >= 11 is 0. The van der Waals surface area contributed by atoms with Gasteiger partial charge >= 0.3 is 7.60 Å². The summed E-state index contributed by atoms with van der Waals surface area (Å²) in [6.45, 7) is 8.67. The Hall–Kier alpha value is 0.150. The van der Waals surface area contributed by atoms with Crippen LogP contribution >= 0.6 is 7.60 Å². The average molecular weight is 405 g/mol. The molecular weight excluding hydrogens is 355 g/mol. The van der Waals surface area contributed by atoms with Crippen molar-refractivity contribution in [2.45, 2.75) is 130 Å². The molecule has 0 aromatic rings. The Morgan fingerprint density at radius 1 is 0.667 bits per heavy atom. The third-order valence-electron chi connectivity index (χ3n) is 4.99. The molecule has 4 heteroatoms. The van der Waals surface area contributed by atoms with Crippen molar-refractivity contribution in [1.82, 2.24) is 0 Å². The highest BCUT2D eigenvalue weighted by Crippen LogP contribution is 2.44. The SMILES string of the molecule is CCCCCCCCCCCCCCCCCCP(=O)(O)OCC(C)(C)C. The zero-order valence-corrected chi connectivity index (χ0v) is 19.8. The molecule has 0 amide bonds. The fourth-order valence-electron chi connectivity index (χ4n) is 3.22. The van der Waals surface area contributed by atoms with Crippen LogP contribution in [0.25, 0.3) is 0 Å². The van der Waals surface area contributed by atoms with E-state index in [1.807, 2.05) is 20.8 Å². The Morgan fingerprint density at radius 2 is 1.00 bits per heavy atom. The van der Waals surface area contributed by atoms with E-state index in [-0.39, 0.29) is 5.41 Å². The van der Waals surface area contributed by atoms with Crippen molar-refractivity contribution in [1.29, 1.82) is 0 Å². The minimum atomic E-state index is -3.38. The predicted octanol–water partition coefficient (Wildman–Crippen LogP) is 8.50. The van der Waals surface area contributed by atoms with E-state index in [9.17, 15) is 9.46 Å². The van der Waals surface area contributed by atoms with Crippen LogP contribution in [-0.2, 0) is 9.09 Å². The minimum absolute atomic E-state index is 0.0625. The van der Waals surface area contributed by atoms with E-state index in [2.05, 4.69) is 6.92 Å². The van der Waals surface area contributed by atoms with Gasteiger partial charge in [-0.1, -0.05) is 124 Å². The molecule has 0 spiro atoms. The Labute approximate surface area is 170 Å². The smallest absolute Gasteiger partial charge is 0.324 e. The first-order valence-electron chi connectivity index (χ1n) is 11.7. The van der Waals surface area contributed by atoms with Gasteiger partial charge in [-0.15, -0.1) is 0 Å². The Balaban J connectivity index is 3.28. The third kappa shape index (κ3) is 22.3. The molecule has 1 unspecified atom stereocenters. The van der Waals surface area contributed by atoms with Crippen LogP contribution in [0.5, 0.6) is 0 Å². The average Bonchev–Trinajstić information content (AvgIpc) is 2.59. The van der Waals surface area contributed by atoms with Gasteiger partial charge in [0.15, 0.2) is 0 Å². The molecule has 0 saturated carbocycles. The standard InChI is InChI=1S/C23H49O3P/c1-5-6-7-8-9-10-11-12-13-14-15-16-17-18-19-20-21-27(24,25)26-22-23(2,3)4/h5-22H2,1-4H3,(H,24,25). The predicted molar refractivity (Wildman–Crippen MR) is 120 cm³/mol. The summed E-state index contributed by atoms with van der Waals surface area (Å²) in [4.78, 5) is 9.83. The summed E-state index contributed by atoms with van der Waals surface area (Å²) in [7, 11) is -3.38. The first-order chi connectivity index (χ1) is 12.8.